The van der Waals surface area contributed by atoms with E-state index in [2.05, 4.69) is 20.6 Å². The lowest BCUT2D eigenvalue weighted by atomic mass is 10.2. The van der Waals surface area contributed by atoms with Crippen molar-refractivity contribution in [2.45, 2.75) is 6.92 Å². The van der Waals surface area contributed by atoms with E-state index in [1.165, 1.54) is 12.1 Å². The summed E-state index contributed by atoms with van der Waals surface area (Å²) in [6, 6.07) is 9.29. The molecule has 0 aliphatic rings. The number of aryl methyl sites for hydroxylation is 1. The molecule has 0 radical (unpaired) electrons. The number of para-hydroxylation sites is 1. The second kappa shape index (κ2) is 7.00. The zero-order valence-electron chi connectivity index (χ0n) is 13.5. The number of anilines is 1. The fraction of sp³-hybridized carbons (Fsp3) is 0.176. The Labute approximate surface area is 141 Å². The van der Waals surface area contributed by atoms with Gasteiger partial charge in [0, 0.05) is 30.9 Å². The number of fused-ring (bicyclic) bond motifs is 1. The van der Waals surface area contributed by atoms with Gasteiger partial charge in [-0.05, 0) is 19.1 Å². The monoisotopic (exact) mass is 340 g/mol. The molecule has 0 aliphatic heterocycles. The van der Waals surface area contributed by atoms with Gasteiger partial charge >= 0.3 is 0 Å². The first kappa shape index (κ1) is 16.4. The SMILES string of the molecule is Cc1cc(=O)[nH]c(NCCNC(=O)c2cc(=O)c3ccccc3o2)n1. The summed E-state index contributed by atoms with van der Waals surface area (Å²) in [7, 11) is 0. The molecule has 3 rings (SSSR count). The molecule has 2 aromatic heterocycles. The van der Waals surface area contributed by atoms with Crippen molar-refractivity contribution < 1.29 is 9.21 Å². The summed E-state index contributed by atoms with van der Waals surface area (Å²) in [6.07, 6.45) is 0. The highest BCUT2D eigenvalue weighted by atomic mass is 16.3. The van der Waals surface area contributed by atoms with Crippen molar-refractivity contribution in [1.29, 1.82) is 0 Å². The molecule has 0 fully saturated rings. The van der Waals surface area contributed by atoms with E-state index in [9.17, 15) is 14.4 Å². The Bertz CT molecular complexity index is 1040. The number of H-pyrrole nitrogens is 1. The van der Waals surface area contributed by atoms with Crippen LogP contribution in [0.5, 0.6) is 0 Å². The fourth-order valence-corrected chi connectivity index (χ4v) is 2.32. The lowest BCUT2D eigenvalue weighted by Crippen LogP contribution is -2.30. The number of carbonyl (C=O) groups is 1. The Morgan fingerprint density at radius 3 is 2.80 bits per heavy atom. The van der Waals surface area contributed by atoms with Gasteiger partial charge in [-0.15, -0.1) is 0 Å². The summed E-state index contributed by atoms with van der Waals surface area (Å²) in [5, 5.41) is 5.96. The van der Waals surface area contributed by atoms with E-state index in [0.29, 0.717) is 29.2 Å². The highest BCUT2D eigenvalue weighted by Gasteiger charge is 2.11. The lowest BCUT2D eigenvalue weighted by molar-refractivity contribution is 0.0928. The number of carbonyl (C=O) groups excluding carboxylic acids is 1. The van der Waals surface area contributed by atoms with Gasteiger partial charge in [-0.1, -0.05) is 12.1 Å². The molecular formula is C17H16N4O4. The van der Waals surface area contributed by atoms with Crippen molar-refractivity contribution in [2.75, 3.05) is 18.4 Å². The average molecular weight is 340 g/mol. The molecule has 0 unspecified atom stereocenters. The number of aromatic nitrogens is 2. The zero-order valence-corrected chi connectivity index (χ0v) is 13.5. The Kier molecular flexibility index (Phi) is 4.60. The Morgan fingerprint density at radius 1 is 1.20 bits per heavy atom. The molecule has 25 heavy (non-hydrogen) atoms. The summed E-state index contributed by atoms with van der Waals surface area (Å²) < 4.78 is 5.46. The molecule has 8 heteroatoms. The zero-order chi connectivity index (χ0) is 17.8. The van der Waals surface area contributed by atoms with Crippen LogP contribution in [-0.4, -0.2) is 29.0 Å². The molecule has 1 aromatic carbocycles. The van der Waals surface area contributed by atoms with Crippen LogP contribution in [0.25, 0.3) is 11.0 Å². The Hall–Kier alpha value is -3.42. The first-order valence-corrected chi connectivity index (χ1v) is 7.66. The smallest absolute Gasteiger partial charge is 0.287 e. The number of amides is 1. The molecule has 0 saturated heterocycles. The lowest BCUT2D eigenvalue weighted by Gasteiger charge is -2.07. The molecule has 0 atom stereocenters. The second-order valence-corrected chi connectivity index (χ2v) is 5.39. The van der Waals surface area contributed by atoms with Gasteiger partial charge in [0.2, 0.25) is 5.95 Å². The third-order valence-corrected chi connectivity index (χ3v) is 3.43. The third kappa shape index (κ3) is 3.92. The van der Waals surface area contributed by atoms with Gasteiger partial charge in [0.05, 0.1) is 5.39 Å². The molecule has 3 N–H and O–H groups in total. The van der Waals surface area contributed by atoms with E-state index in [4.69, 9.17) is 4.42 Å². The standard InChI is InChI=1S/C17H16N4O4/c1-10-8-15(23)21-17(20-10)19-7-6-18-16(24)14-9-12(22)11-4-2-3-5-13(11)25-14/h2-5,8-9H,6-7H2,1H3,(H,18,24)(H2,19,20,21,23). The average Bonchev–Trinajstić information content (AvgIpc) is 2.57. The number of hydrogen-bond acceptors (Lipinski definition) is 6. The normalized spacial score (nSPS) is 10.6. The van der Waals surface area contributed by atoms with E-state index >= 15 is 0 Å². The molecule has 0 aliphatic carbocycles. The predicted molar refractivity (Wildman–Crippen MR) is 92.9 cm³/mol. The molecule has 1 amide bonds. The third-order valence-electron chi connectivity index (χ3n) is 3.43. The molecule has 2 heterocycles. The molecule has 0 spiro atoms. The molecule has 3 aromatic rings. The highest BCUT2D eigenvalue weighted by molar-refractivity contribution is 5.93. The molecule has 0 bridgehead atoms. The predicted octanol–water partition coefficient (Wildman–Crippen LogP) is 1.03. The van der Waals surface area contributed by atoms with Crippen molar-refractivity contribution in [3.63, 3.8) is 0 Å². The topological polar surface area (TPSA) is 117 Å². The van der Waals surface area contributed by atoms with Crippen molar-refractivity contribution in [1.82, 2.24) is 15.3 Å². The maximum absolute atomic E-state index is 12.1. The fourth-order valence-electron chi connectivity index (χ4n) is 2.32. The number of rotatable bonds is 5. The van der Waals surface area contributed by atoms with Crippen molar-refractivity contribution in [2.24, 2.45) is 0 Å². The van der Waals surface area contributed by atoms with E-state index in [-0.39, 0.29) is 23.3 Å². The van der Waals surface area contributed by atoms with Gasteiger partial charge in [0.1, 0.15) is 5.58 Å². The van der Waals surface area contributed by atoms with Crippen LogP contribution in [0.3, 0.4) is 0 Å². The minimum absolute atomic E-state index is 0.0502. The number of nitrogens with one attached hydrogen (secondary N) is 3. The number of nitrogens with zero attached hydrogens (tertiary/aromatic N) is 1. The summed E-state index contributed by atoms with van der Waals surface area (Å²) in [5.74, 6) is -0.211. The van der Waals surface area contributed by atoms with Crippen LogP contribution in [0.15, 0.2) is 50.4 Å². The summed E-state index contributed by atoms with van der Waals surface area (Å²) in [4.78, 5) is 42.1. The van der Waals surface area contributed by atoms with Gasteiger partial charge < -0.3 is 15.1 Å². The van der Waals surface area contributed by atoms with Crippen LogP contribution in [0.4, 0.5) is 5.95 Å². The molecule has 128 valence electrons. The first-order chi connectivity index (χ1) is 12.0. The van der Waals surface area contributed by atoms with Crippen LogP contribution in [0.1, 0.15) is 16.2 Å². The summed E-state index contributed by atoms with van der Waals surface area (Å²) >= 11 is 0. The van der Waals surface area contributed by atoms with Crippen molar-refractivity contribution in [3.8, 4) is 0 Å². The van der Waals surface area contributed by atoms with Crippen LogP contribution in [-0.2, 0) is 0 Å². The van der Waals surface area contributed by atoms with Crippen LogP contribution in [0.2, 0.25) is 0 Å². The van der Waals surface area contributed by atoms with Gasteiger partial charge in [0.25, 0.3) is 11.5 Å². The van der Waals surface area contributed by atoms with Crippen LogP contribution < -0.4 is 21.6 Å². The quantitative estimate of drug-likeness (QED) is 0.597. The Morgan fingerprint density at radius 2 is 2.00 bits per heavy atom. The maximum atomic E-state index is 12.1. The van der Waals surface area contributed by atoms with Gasteiger partial charge in [-0.2, -0.15) is 0 Å². The van der Waals surface area contributed by atoms with E-state index in [1.54, 1.807) is 31.2 Å². The minimum Gasteiger partial charge on any atom is -0.451 e. The van der Waals surface area contributed by atoms with E-state index in [1.807, 2.05) is 0 Å². The Balaban J connectivity index is 1.61. The van der Waals surface area contributed by atoms with E-state index in [0.717, 1.165) is 0 Å². The van der Waals surface area contributed by atoms with Gasteiger partial charge in [0.15, 0.2) is 11.2 Å². The minimum atomic E-state index is -0.490. The number of hydrogen-bond donors (Lipinski definition) is 3. The van der Waals surface area contributed by atoms with E-state index < -0.39 is 5.91 Å². The molecular weight excluding hydrogens is 324 g/mol. The molecule has 0 saturated carbocycles. The number of aromatic amines is 1. The van der Waals surface area contributed by atoms with Crippen LogP contribution in [0, 0.1) is 6.92 Å². The molecule has 8 nitrogen and oxygen atoms in total. The largest absolute Gasteiger partial charge is 0.451 e. The summed E-state index contributed by atoms with van der Waals surface area (Å²) in [6.45, 7) is 2.31. The van der Waals surface area contributed by atoms with Crippen molar-refractivity contribution >= 4 is 22.8 Å². The van der Waals surface area contributed by atoms with Crippen molar-refractivity contribution in [3.05, 3.63) is 68.4 Å². The highest BCUT2D eigenvalue weighted by Crippen LogP contribution is 2.11. The van der Waals surface area contributed by atoms with Crippen LogP contribution >= 0.6 is 0 Å². The first-order valence-electron chi connectivity index (χ1n) is 7.66. The van der Waals surface area contributed by atoms with Gasteiger partial charge in [-0.25, -0.2) is 4.98 Å². The summed E-state index contributed by atoms with van der Waals surface area (Å²) in [5.41, 5.74) is 0.427. The maximum Gasteiger partial charge on any atom is 0.287 e. The van der Waals surface area contributed by atoms with Gasteiger partial charge in [-0.3, -0.25) is 19.4 Å². The number of benzene rings is 1. The second-order valence-electron chi connectivity index (χ2n) is 5.39.